The number of anilines is 1. The standard InChI is InChI=1S/C28H28N4OS/c1-17-10-9-13-23(19(17)3)31-18(2)16-21(20(31)4)27-26(22-11-7-8-15-29-22)30-28(34)32(27)24-12-5-6-14-25(24)33/h5-16,26-27,33H,1-4H3,(H,30,34)/t26-,27-/m0/s1. The zero-order chi connectivity index (χ0) is 24.0. The van der Waals surface area contributed by atoms with E-state index in [1.807, 2.05) is 41.3 Å². The predicted molar refractivity (Wildman–Crippen MR) is 141 cm³/mol. The van der Waals surface area contributed by atoms with Crippen molar-refractivity contribution in [2.75, 3.05) is 4.90 Å². The molecule has 0 saturated carbocycles. The summed E-state index contributed by atoms with van der Waals surface area (Å²) >= 11 is 5.82. The van der Waals surface area contributed by atoms with Gasteiger partial charge in [0.2, 0.25) is 0 Å². The SMILES string of the molecule is Cc1cccc(-n2c(C)cc([C@H]3[C@H](c4ccccn4)NC(=S)N3c3ccccc3O)c2C)c1C. The second kappa shape index (κ2) is 8.61. The molecule has 2 atom stereocenters. The van der Waals surface area contributed by atoms with Crippen LogP contribution in [0.25, 0.3) is 5.69 Å². The molecule has 34 heavy (non-hydrogen) atoms. The van der Waals surface area contributed by atoms with Gasteiger partial charge >= 0.3 is 0 Å². The van der Waals surface area contributed by atoms with Gasteiger partial charge in [0.25, 0.3) is 0 Å². The number of benzene rings is 2. The summed E-state index contributed by atoms with van der Waals surface area (Å²) in [4.78, 5) is 6.67. The van der Waals surface area contributed by atoms with Crippen LogP contribution < -0.4 is 10.2 Å². The van der Waals surface area contributed by atoms with Gasteiger partial charge < -0.3 is 19.9 Å². The molecule has 5 nitrogen and oxygen atoms in total. The van der Waals surface area contributed by atoms with Crippen LogP contribution in [0.15, 0.2) is 72.9 Å². The number of pyridine rings is 1. The van der Waals surface area contributed by atoms with Gasteiger partial charge in [-0.25, -0.2) is 0 Å². The fourth-order valence-corrected chi connectivity index (χ4v) is 5.37. The summed E-state index contributed by atoms with van der Waals surface area (Å²) < 4.78 is 2.32. The highest BCUT2D eigenvalue weighted by Crippen LogP contribution is 2.45. The van der Waals surface area contributed by atoms with Gasteiger partial charge in [0, 0.05) is 23.3 Å². The molecule has 172 valence electrons. The number of nitrogens with zero attached hydrogens (tertiary/aromatic N) is 3. The largest absolute Gasteiger partial charge is 0.506 e. The minimum absolute atomic E-state index is 0.166. The second-order valence-corrected chi connectivity index (χ2v) is 9.25. The number of aryl methyl sites for hydroxylation is 2. The summed E-state index contributed by atoms with van der Waals surface area (Å²) in [5, 5.41) is 14.8. The smallest absolute Gasteiger partial charge is 0.174 e. The van der Waals surface area contributed by atoms with Gasteiger partial charge in [-0.15, -0.1) is 0 Å². The van der Waals surface area contributed by atoms with Crippen molar-refractivity contribution in [1.29, 1.82) is 0 Å². The molecule has 0 radical (unpaired) electrons. The van der Waals surface area contributed by atoms with Crippen LogP contribution in [-0.2, 0) is 0 Å². The molecule has 0 unspecified atom stereocenters. The number of para-hydroxylation sites is 2. The van der Waals surface area contributed by atoms with Crippen LogP contribution in [0, 0.1) is 27.7 Å². The average molecular weight is 469 g/mol. The zero-order valence-corrected chi connectivity index (χ0v) is 20.6. The predicted octanol–water partition coefficient (Wildman–Crippen LogP) is 5.99. The van der Waals surface area contributed by atoms with E-state index in [1.165, 1.54) is 16.8 Å². The van der Waals surface area contributed by atoms with Gasteiger partial charge in [-0.05, 0) is 93.0 Å². The van der Waals surface area contributed by atoms with Crippen LogP contribution in [-0.4, -0.2) is 19.8 Å². The van der Waals surface area contributed by atoms with E-state index in [9.17, 15) is 5.11 Å². The Morgan fingerprint density at radius 3 is 2.38 bits per heavy atom. The van der Waals surface area contributed by atoms with Gasteiger partial charge in [0.1, 0.15) is 5.75 Å². The molecule has 5 rings (SSSR count). The molecule has 0 amide bonds. The Hall–Kier alpha value is -3.64. The maximum absolute atomic E-state index is 10.7. The minimum atomic E-state index is -0.180. The van der Waals surface area contributed by atoms with Gasteiger partial charge in [0.15, 0.2) is 5.11 Å². The monoisotopic (exact) mass is 468 g/mol. The summed E-state index contributed by atoms with van der Waals surface area (Å²) in [6.07, 6.45) is 1.80. The molecule has 3 heterocycles. The molecule has 2 N–H and O–H groups in total. The third-order valence-corrected chi connectivity index (χ3v) is 7.16. The Bertz CT molecular complexity index is 1380. The third-order valence-electron chi connectivity index (χ3n) is 6.85. The van der Waals surface area contributed by atoms with Gasteiger partial charge in [0.05, 0.1) is 23.5 Å². The Kier molecular flexibility index (Phi) is 5.62. The molecule has 1 aliphatic heterocycles. The normalized spacial score (nSPS) is 17.8. The van der Waals surface area contributed by atoms with E-state index in [2.05, 4.69) is 66.8 Å². The highest BCUT2D eigenvalue weighted by Gasteiger charge is 2.43. The molecule has 4 aromatic rings. The van der Waals surface area contributed by atoms with Crippen LogP contribution in [0.1, 0.15) is 45.9 Å². The second-order valence-electron chi connectivity index (χ2n) is 8.87. The Balaban J connectivity index is 1.72. The van der Waals surface area contributed by atoms with E-state index in [0.717, 1.165) is 22.6 Å². The van der Waals surface area contributed by atoms with Gasteiger partial charge in [-0.1, -0.05) is 30.3 Å². The topological polar surface area (TPSA) is 53.3 Å². The summed E-state index contributed by atoms with van der Waals surface area (Å²) in [5.41, 5.74) is 8.72. The van der Waals surface area contributed by atoms with Crippen molar-refractivity contribution >= 4 is 23.0 Å². The average Bonchev–Trinajstić information content (AvgIpc) is 3.32. The van der Waals surface area contributed by atoms with Crippen molar-refractivity contribution in [3.8, 4) is 11.4 Å². The zero-order valence-electron chi connectivity index (χ0n) is 19.8. The molecule has 2 aromatic heterocycles. The molecule has 6 heteroatoms. The first-order valence-electron chi connectivity index (χ1n) is 11.4. The lowest BCUT2D eigenvalue weighted by Gasteiger charge is -2.28. The number of hydrogen-bond donors (Lipinski definition) is 2. The van der Waals surface area contributed by atoms with Gasteiger partial charge in [-0.2, -0.15) is 0 Å². The quantitative estimate of drug-likeness (QED) is 0.361. The number of rotatable bonds is 4. The van der Waals surface area contributed by atoms with E-state index in [0.29, 0.717) is 10.8 Å². The van der Waals surface area contributed by atoms with Crippen molar-refractivity contribution < 1.29 is 5.11 Å². The summed E-state index contributed by atoms with van der Waals surface area (Å²) in [7, 11) is 0. The number of phenolic OH excluding ortho intramolecular Hbond substituents is 1. The van der Waals surface area contributed by atoms with Gasteiger partial charge in [-0.3, -0.25) is 4.98 Å². The summed E-state index contributed by atoms with van der Waals surface area (Å²) in [6, 6.07) is 21.6. The van der Waals surface area contributed by atoms with E-state index in [1.54, 1.807) is 12.3 Å². The summed E-state index contributed by atoms with van der Waals surface area (Å²) in [5.74, 6) is 0.196. The van der Waals surface area contributed by atoms with Crippen LogP contribution in [0.4, 0.5) is 5.69 Å². The van der Waals surface area contributed by atoms with Crippen molar-refractivity contribution in [2.24, 2.45) is 0 Å². The van der Waals surface area contributed by atoms with Crippen LogP contribution in [0.3, 0.4) is 0 Å². The van der Waals surface area contributed by atoms with Crippen molar-refractivity contribution in [3.05, 3.63) is 107 Å². The van der Waals surface area contributed by atoms with E-state index in [4.69, 9.17) is 12.2 Å². The molecule has 0 aliphatic carbocycles. The summed E-state index contributed by atoms with van der Waals surface area (Å²) in [6.45, 7) is 8.60. The Labute approximate surface area is 205 Å². The van der Waals surface area contributed by atoms with Crippen molar-refractivity contribution in [2.45, 2.75) is 39.8 Å². The maximum Gasteiger partial charge on any atom is 0.174 e. The number of nitrogens with one attached hydrogen (secondary N) is 1. The van der Waals surface area contributed by atoms with E-state index >= 15 is 0 Å². The first-order valence-corrected chi connectivity index (χ1v) is 11.8. The molecule has 2 aromatic carbocycles. The molecule has 1 aliphatic rings. The lowest BCUT2D eigenvalue weighted by Crippen LogP contribution is -2.29. The highest BCUT2D eigenvalue weighted by atomic mass is 32.1. The fraction of sp³-hybridized carbons (Fsp3) is 0.214. The minimum Gasteiger partial charge on any atom is -0.506 e. The molecule has 0 spiro atoms. The van der Waals surface area contributed by atoms with Crippen molar-refractivity contribution in [1.82, 2.24) is 14.9 Å². The van der Waals surface area contributed by atoms with Crippen molar-refractivity contribution in [3.63, 3.8) is 0 Å². The van der Waals surface area contributed by atoms with Crippen LogP contribution >= 0.6 is 12.2 Å². The molecular weight excluding hydrogens is 440 g/mol. The fourth-order valence-electron chi connectivity index (χ4n) is 5.03. The number of thiocarbonyl (C=S) groups is 1. The van der Waals surface area contributed by atoms with E-state index in [-0.39, 0.29) is 17.8 Å². The van der Waals surface area contributed by atoms with E-state index < -0.39 is 0 Å². The number of hydrogen-bond acceptors (Lipinski definition) is 3. The molecular formula is C28H28N4OS. The number of phenols is 1. The number of aromatic nitrogens is 2. The lowest BCUT2D eigenvalue weighted by atomic mass is 9.96. The molecule has 1 fully saturated rings. The van der Waals surface area contributed by atoms with Crippen LogP contribution in [0.5, 0.6) is 5.75 Å². The third kappa shape index (κ3) is 3.55. The maximum atomic E-state index is 10.7. The highest BCUT2D eigenvalue weighted by molar-refractivity contribution is 7.80. The number of aromatic hydroxyl groups is 1. The molecule has 1 saturated heterocycles. The first kappa shape index (κ1) is 22.2. The first-order chi connectivity index (χ1) is 16.4. The Morgan fingerprint density at radius 1 is 0.912 bits per heavy atom. The molecule has 0 bridgehead atoms. The lowest BCUT2D eigenvalue weighted by molar-refractivity contribution is 0.472. The van der Waals surface area contributed by atoms with Crippen LogP contribution in [0.2, 0.25) is 0 Å². The Morgan fingerprint density at radius 2 is 1.65 bits per heavy atom.